The molecule has 2 rings (SSSR count). The summed E-state index contributed by atoms with van der Waals surface area (Å²) in [4.78, 5) is 0. The summed E-state index contributed by atoms with van der Waals surface area (Å²) in [5.41, 5.74) is 3.29. The van der Waals surface area contributed by atoms with Gasteiger partial charge < -0.3 is 0 Å². The van der Waals surface area contributed by atoms with E-state index in [9.17, 15) is 0 Å². The summed E-state index contributed by atoms with van der Waals surface area (Å²) in [5, 5.41) is 0. The summed E-state index contributed by atoms with van der Waals surface area (Å²) in [5.74, 6) is 6.47. The van der Waals surface area contributed by atoms with Gasteiger partial charge in [0, 0.05) is 5.56 Å². The van der Waals surface area contributed by atoms with E-state index in [0.717, 1.165) is 11.1 Å². The summed E-state index contributed by atoms with van der Waals surface area (Å²) < 4.78 is 1.18. The highest BCUT2D eigenvalue weighted by Gasteiger charge is 2.01. The Hall–Kier alpha value is -0.800. The molecule has 2 aromatic rings. The third-order valence-electron chi connectivity index (χ3n) is 2.36. The van der Waals surface area contributed by atoms with E-state index in [1.807, 2.05) is 48.5 Å². The van der Waals surface area contributed by atoms with E-state index in [0.29, 0.717) is 0 Å². The fourth-order valence-corrected chi connectivity index (χ4v) is 2.38. The molecule has 2 aromatic carbocycles. The highest BCUT2D eigenvalue weighted by atomic mass is 127. The molecule has 0 radical (unpaired) electrons. The number of hydrogen-bond acceptors (Lipinski definition) is 0. The Morgan fingerprint density at radius 1 is 0.778 bits per heavy atom. The maximum Gasteiger partial charge on any atom is 0.0676 e. The van der Waals surface area contributed by atoms with Gasteiger partial charge in [-0.1, -0.05) is 60.4 Å². The van der Waals surface area contributed by atoms with Crippen molar-refractivity contribution >= 4 is 50.8 Å². The van der Waals surface area contributed by atoms with Crippen LogP contribution in [0.3, 0.4) is 0 Å². The molecule has 0 N–H and O–H groups in total. The molecule has 88 valence electrons. The van der Waals surface area contributed by atoms with Crippen LogP contribution in [0.2, 0.25) is 0 Å². The lowest BCUT2D eigenvalue weighted by Gasteiger charge is -2.00. The molecular weight excluding hydrogens is 446 g/mol. The first-order chi connectivity index (χ1) is 8.77. The highest BCUT2D eigenvalue weighted by Crippen LogP contribution is 2.27. The molecule has 2 heteroatoms. The molecule has 0 aliphatic carbocycles. The Balaban J connectivity index is 2.37. The Labute approximate surface area is 135 Å². The summed E-state index contributed by atoms with van der Waals surface area (Å²) >= 11 is 4.63. The third-order valence-corrected chi connectivity index (χ3v) is 3.44. The summed E-state index contributed by atoms with van der Waals surface area (Å²) in [6.07, 6.45) is 0. The van der Waals surface area contributed by atoms with Crippen molar-refractivity contribution in [2.45, 2.75) is 0 Å². The zero-order valence-electron chi connectivity index (χ0n) is 9.53. The topological polar surface area (TPSA) is 0 Å². The van der Waals surface area contributed by atoms with Crippen LogP contribution in [0.15, 0.2) is 62.3 Å². The van der Waals surface area contributed by atoms with Crippen molar-refractivity contribution in [3.05, 3.63) is 73.4 Å². The molecule has 0 saturated carbocycles. The minimum atomic E-state index is 1.04. The van der Waals surface area contributed by atoms with Gasteiger partial charge in [0.2, 0.25) is 0 Å². The minimum absolute atomic E-state index is 1.04. The zero-order valence-corrected chi connectivity index (χ0v) is 13.8. The first-order valence-electron chi connectivity index (χ1n) is 5.45. The number of benzene rings is 2. The van der Waals surface area contributed by atoms with Crippen LogP contribution >= 0.6 is 45.2 Å². The second-order valence-electron chi connectivity index (χ2n) is 3.62. The van der Waals surface area contributed by atoms with E-state index in [-0.39, 0.29) is 0 Å². The molecule has 0 fully saturated rings. The lowest BCUT2D eigenvalue weighted by molar-refractivity contribution is 1.63. The van der Waals surface area contributed by atoms with Gasteiger partial charge in [-0.15, -0.1) is 0 Å². The number of rotatable bonds is 1. The zero-order chi connectivity index (χ0) is 12.8. The van der Waals surface area contributed by atoms with Gasteiger partial charge in [0.15, 0.2) is 0 Å². The molecule has 0 aliphatic heterocycles. The predicted octanol–water partition coefficient (Wildman–Crippen LogP) is 5.28. The van der Waals surface area contributed by atoms with Crippen LogP contribution in [0.1, 0.15) is 11.1 Å². The largest absolute Gasteiger partial charge is 0.0676 e. The molecule has 0 unspecified atom stereocenters. The molecule has 0 spiro atoms. The maximum atomic E-state index is 3.27. The van der Waals surface area contributed by atoms with Crippen LogP contribution in [0, 0.1) is 11.8 Å². The lowest BCUT2D eigenvalue weighted by atomic mass is 10.1. The standard InChI is InChI=1S/C16H10I2/c17-16(18)15(14-9-5-2-6-10-14)12-11-13-7-3-1-4-8-13/h1-10H. The van der Waals surface area contributed by atoms with Gasteiger partial charge in [0.1, 0.15) is 0 Å². The van der Waals surface area contributed by atoms with Crippen molar-refractivity contribution in [3.63, 3.8) is 0 Å². The van der Waals surface area contributed by atoms with Crippen LogP contribution < -0.4 is 0 Å². The predicted molar refractivity (Wildman–Crippen MR) is 94.7 cm³/mol. The van der Waals surface area contributed by atoms with Crippen molar-refractivity contribution < 1.29 is 0 Å². The molecule has 0 atom stereocenters. The van der Waals surface area contributed by atoms with Crippen LogP contribution in [-0.2, 0) is 0 Å². The molecule has 0 aliphatic rings. The van der Waals surface area contributed by atoms with Gasteiger partial charge in [-0.3, -0.25) is 0 Å². The van der Waals surface area contributed by atoms with Crippen molar-refractivity contribution in [1.82, 2.24) is 0 Å². The maximum absolute atomic E-state index is 3.27. The van der Waals surface area contributed by atoms with E-state index in [1.54, 1.807) is 0 Å². The van der Waals surface area contributed by atoms with Gasteiger partial charge in [-0.05, 0) is 62.9 Å². The molecular formula is C16H10I2. The van der Waals surface area contributed by atoms with Gasteiger partial charge in [0.05, 0.1) is 7.16 Å². The van der Waals surface area contributed by atoms with Crippen molar-refractivity contribution in [2.24, 2.45) is 0 Å². The molecule has 0 amide bonds. The number of halogens is 2. The van der Waals surface area contributed by atoms with Crippen LogP contribution in [-0.4, -0.2) is 0 Å². The van der Waals surface area contributed by atoms with Gasteiger partial charge >= 0.3 is 0 Å². The van der Waals surface area contributed by atoms with Gasteiger partial charge in [-0.2, -0.15) is 0 Å². The van der Waals surface area contributed by atoms with E-state index in [1.165, 1.54) is 7.15 Å². The lowest BCUT2D eigenvalue weighted by Crippen LogP contribution is -1.81. The monoisotopic (exact) mass is 456 g/mol. The highest BCUT2D eigenvalue weighted by molar-refractivity contribution is 14.2. The van der Waals surface area contributed by atoms with Crippen LogP contribution in [0.25, 0.3) is 5.57 Å². The summed E-state index contributed by atoms with van der Waals surface area (Å²) in [7, 11) is 0. The fraction of sp³-hybridized carbons (Fsp3) is 0. The average molecular weight is 456 g/mol. The quantitative estimate of drug-likeness (QED) is 0.405. The molecule has 0 bridgehead atoms. The normalized spacial score (nSPS) is 9.22. The molecule has 0 heterocycles. The Bertz CT molecular complexity index is 598. The molecule has 0 nitrogen and oxygen atoms in total. The molecule has 18 heavy (non-hydrogen) atoms. The summed E-state index contributed by atoms with van der Waals surface area (Å²) in [6, 6.07) is 20.3. The Kier molecular flexibility index (Phi) is 5.26. The summed E-state index contributed by atoms with van der Waals surface area (Å²) in [6.45, 7) is 0. The second-order valence-corrected chi connectivity index (χ2v) is 7.84. The minimum Gasteiger partial charge on any atom is -0.0622 e. The number of hydrogen-bond donors (Lipinski definition) is 0. The Morgan fingerprint density at radius 3 is 1.89 bits per heavy atom. The van der Waals surface area contributed by atoms with Gasteiger partial charge in [0.25, 0.3) is 0 Å². The van der Waals surface area contributed by atoms with Crippen LogP contribution in [0.4, 0.5) is 0 Å². The smallest absolute Gasteiger partial charge is 0.0622 e. The van der Waals surface area contributed by atoms with E-state index >= 15 is 0 Å². The van der Waals surface area contributed by atoms with Crippen molar-refractivity contribution in [2.75, 3.05) is 0 Å². The first kappa shape index (κ1) is 13.6. The van der Waals surface area contributed by atoms with Gasteiger partial charge in [-0.25, -0.2) is 0 Å². The molecule has 0 saturated heterocycles. The Morgan fingerprint density at radius 2 is 1.33 bits per heavy atom. The van der Waals surface area contributed by atoms with E-state index in [4.69, 9.17) is 0 Å². The second kappa shape index (κ2) is 6.95. The SMILES string of the molecule is IC(I)=C(C#Cc1ccccc1)c1ccccc1. The molecule has 0 aromatic heterocycles. The average Bonchev–Trinajstić information content (AvgIpc) is 2.41. The fourth-order valence-electron chi connectivity index (χ4n) is 1.49. The number of allylic oxidation sites excluding steroid dienone is 1. The van der Waals surface area contributed by atoms with E-state index in [2.05, 4.69) is 69.2 Å². The van der Waals surface area contributed by atoms with Crippen molar-refractivity contribution in [1.29, 1.82) is 0 Å². The van der Waals surface area contributed by atoms with Crippen molar-refractivity contribution in [3.8, 4) is 11.8 Å². The first-order valence-corrected chi connectivity index (χ1v) is 7.61. The van der Waals surface area contributed by atoms with E-state index < -0.39 is 0 Å². The third kappa shape index (κ3) is 3.85. The van der Waals surface area contributed by atoms with Crippen LogP contribution in [0.5, 0.6) is 0 Å².